The first-order valence-corrected chi connectivity index (χ1v) is 7.37. The third-order valence-corrected chi connectivity index (χ3v) is 3.78. The van der Waals surface area contributed by atoms with E-state index in [1.807, 2.05) is 0 Å². The van der Waals surface area contributed by atoms with Crippen LogP contribution in [0.3, 0.4) is 0 Å². The maximum atomic E-state index is 13.3. The third kappa shape index (κ3) is 4.53. The van der Waals surface area contributed by atoms with Crippen molar-refractivity contribution in [3.8, 4) is 0 Å². The van der Waals surface area contributed by atoms with Gasteiger partial charge in [-0.1, -0.05) is 26.7 Å². The molecule has 0 aliphatic heterocycles. The van der Waals surface area contributed by atoms with Gasteiger partial charge in [0.05, 0.1) is 6.10 Å². The number of rotatable bonds is 8. The van der Waals surface area contributed by atoms with E-state index in [4.69, 9.17) is 5.73 Å². The van der Waals surface area contributed by atoms with Gasteiger partial charge in [0.1, 0.15) is 11.6 Å². The molecule has 0 saturated carbocycles. The van der Waals surface area contributed by atoms with Crippen molar-refractivity contribution in [1.82, 2.24) is 0 Å². The molecule has 0 spiro atoms. The highest BCUT2D eigenvalue weighted by molar-refractivity contribution is 5.23. The molecule has 0 aromatic heterocycles. The van der Waals surface area contributed by atoms with Gasteiger partial charge in [-0.3, -0.25) is 0 Å². The smallest absolute Gasteiger partial charge is 0.126 e. The van der Waals surface area contributed by atoms with Crippen molar-refractivity contribution in [2.24, 2.45) is 11.7 Å². The van der Waals surface area contributed by atoms with Crippen molar-refractivity contribution in [2.45, 2.75) is 51.6 Å². The topological polar surface area (TPSA) is 46.2 Å². The highest BCUT2D eigenvalue weighted by Gasteiger charge is 2.27. The second-order valence-electron chi connectivity index (χ2n) is 5.37. The van der Waals surface area contributed by atoms with Gasteiger partial charge in [0.15, 0.2) is 0 Å². The highest BCUT2D eigenvalue weighted by Crippen LogP contribution is 2.29. The number of benzene rings is 1. The summed E-state index contributed by atoms with van der Waals surface area (Å²) in [5, 5.41) is 10.5. The molecule has 4 heteroatoms. The van der Waals surface area contributed by atoms with E-state index in [0.717, 1.165) is 31.7 Å². The van der Waals surface area contributed by atoms with E-state index in [0.29, 0.717) is 5.56 Å². The molecule has 0 aliphatic carbocycles. The standard InChI is InChI=1S/C16H25F2NO/c1-3-5-11(6-4-2)16(20)15(10-19)12-7-13(17)9-14(18)8-12/h7-9,11,15-16,20H,3-6,10,19H2,1-2H3. The Hall–Kier alpha value is -1.00. The molecule has 0 aliphatic rings. The summed E-state index contributed by atoms with van der Waals surface area (Å²) in [7, 11) is 0. The minimum absolute atomic E-state index is 0.116. The molecule has 0 heterocycles. The van der Waals surface area contributed by atoms with E-state index in [-0.39, 0.29) is 12.5 Å². The molecule has 1 aromatic carbocycles. The first-order valence-electron chi connectivity index (χ1n) is 7.37. The summed E-state index contributed by atoms with van der Waals surface area (Å²) >= 11 is 0. The van der Waals surface area contributed by atoms with E-state index in [1.165, 1.54) is 12.1 Å². The first-order chi connectivity index (χ1) is 9.53. The van der Waals surface area contributed by atoms with Gasteiger partial charge in [0.2, 0.25) is 0 Å². The molecule has 0 amide bonds. The van der Waals surface area contributed by atoms with Crippen LogP contribution in [-0.4, -0.2) is 17.8 Å². The highest BCUT2D eigenvalue weighted by atomic mass is 19.1. The van der Waals surface area contributed by atoms with Crippen LogP contribution in [0, 0.1) is 17.6 Å². The quantitative estimate of drug-likeness (QED) is 0.767. The second-order valence-corrected chi connectivity index (χ2v) is 5.37. The van der Waals surface area contributed by atoms with Gasteiger partial charge < -0.3 is 10.8 Å². The summed E-state index contributed by atoms with van der Waals surface area (Å²) in [6, 6.07) is 3.36. The van der Waals surface area contributed by atoms with Crippen molar-refractivity contribution >= 4 is 0 Å². The number of aliphatic hydroxyl groups excluding tert-OH is 1. The monoisotopic (exact) mass is 285 g/mol. The Kier molecular flexibility index (Phi) is 7.10. The molecule has 0 fully saturated rings. The van der Waals surface area contributed by atoms with Gasteiger partial charge >= 0.3 is 0 Å². The summed E-state index contributed by atoms with van der Waals surface area (Å²) in [4.78, 5) is 0. The Balaban J connectivity index is 2.97. The summed E-state index contributed by atoms with van der Waals surface area (Å²) in [5.41, 5.74) is 6.17. The lowest BCUT2D eigenvalue weighted by Crippen LogP contribution is -2.32. The van der Waals surface area contributed by atoms with Crippen LogP contribution < -0.4 is 5.73 Å². The fourth-order valence-electron chi connectivity index (χ4n) is 2.82. The fourth-order valence-corrected chi connectivity index (χ4v) is 2.82. The van der Waals surface area contributed by atoms with E-state index >= 15 is 0 Å². The number of hydrogen-bond acceptors (Lipinski definition) is 2. The first kappa shape index (κ1) is 17.1. The molecule has 0 radical (unpaired) electrons. The predicted octanol–water partition coefficient (Wildman–Crippen LogP) is 3.58. The fraction of sp³-hybridized carbons (Fsp3) is 0.625. The molecule has 0 bridgehead atoms. The normalized spacial score (nSPS) is 14.6. The molecule has 1 rings (SSSR count). The maximum Gasteiger partial charge on any atom is 0.126 e. The molecule has 2 nitrogen and oxygen atoms in total. The lowest BCUT2D eigenvalue weighted by molar-refractivity contribution is 0.0720. The van der Waals surface area contributed by atoms with E-state index in [2.05, 4.69) is 13.8 Å². The molecule has 2 unspecified atom stereocenters. The summed E-state index contributed by atoms with van der Waals surface area (Å²) in [6.07, 6.45) is 3.06. The lowest BCUT2D eigenvalue weighted by Gasteiger charge is -2.29. The van der Waals surface area contributed by atoms with Crippen molar-refractivity contribution in [3.63, 3.8) is 0 Å². The molecular weight excluding hydrogens is 260 g/mol. The minimum atomic E-state index is -0.666. The molecule has 114 valence electrons. The second kappa shape index (κ2) is 8.32. The van der Waals surface area contributed by atoms with Gasteiger partial charge in [0, 0.05) is 18.5 Å². The van der Waals surface area contributed by atoms with Crippen LogP contribution in [0.25, 0.3) is 0 Å². The average molecular weight is 285 g/mol. The van der Waals surface area contributed by atoms with Crippen molar-refractivity contribution in [2.75, 3.05) is 6.54 Å². The van der Waals surface area contributed by atoms with Crippen LogP contribution in [0.15, 0.2) is 18.2 Å². The number of aliphatic hydroxyl groups is 1. The van der Waals surface area contributed by atoms with Crippen LogP contribution in [0.2, 0.25) is 0 Å². The SMILES string of the molecule is CCCC(CCC)C(O)C(CN)c1cc(F)cc(F)c1. The summed E-state index contributed by atoms with van der Waals surface area (Å²) < 4.78 is 26.6. The van der Waals surface area contributed by atoms with Gasteiger partial charge in [-0.25, -0.2) is 8.78 Å². The number of halogens is 2. The Bertz CT molecular complexity index is 385. The zero-order valence-corrected chi connectivity index (χ0v) is 12.3. The van der Waals surface area contributed by atoms with E-state index < -0.39 is 23.7 Å². The Labute approximate surface area is 120 Å². The Morgan fingerprint density at radius 3 is 1.95 bits per heavy atom. The summed E-state index contributed by atoms with van der Waals surface area (Å²) in [6.45, 7) is 4.30. The van der Waals surface area contributed by atoms with Crippen LogP contribution in [0.1, 0.15) is 51.0 Å². The van der Waals surface area contributed by atoms with Crippen LogP contribution in [0.4, 0.5) is 8.78 Å². The van der Waals surface area contributed by atoms with Crippen LogP contribution >= 0.6 is 0 Å². The van der Waals surface area contributed by atoms with E-state index in [1.54, 1.807) is 0 Å². The lowest BCUT2D eigenvalue weighted by atomic mass is 9.81. The van der Waals surface area contributed by atoms with Gasteiger partial charge in [0.25, 0.3) is 0 Å². The van der Waals surface area contributed by atoms with Crippen LogP contribution in [-0.2, 0) is 0 Å². The minimum Gasteiger partial charge on any atom is -0.392 e. The van der Waals surface area contributed by atoms with Gasteiger partial charge in [-0.15, -0.1) is 0 Å². The Morgan fingerprint density at radius 1 is 1.05 bits per heavy atom. The van der Waals surface area contributed by atoms with Gasteiger partial charge in [-0.2, -0.15) is 0 Å². The third-order valence-electron chi connectivity index (χ3n) is 3.78. The van der Waals surface area contributed by atoms with E-state index in [9.17, 15) is 13.9 Å². The Morgan fingerprint density at radius 2 is 1.55 bits per heavy atom. The summed E-state index contributed by atoms with van der Waals surface area (Å²) in [5.74, 6) is -1.57. The van der Waals surface area contributed by atoms with Crippen LogP contribution in [0.5, 0.6) is 0 Å². The largest absolute Gasteiger partial charge is 0.392 e. The molecule has 1 aromatic rings. The molecular formula is C16H25F2NO. The predicted molar refractivity (Wildman–Crippen MR) is 77.5 cm³/mol. The molecule has 0 saturated heterocycles. The van der Waals surface area contributed by atoms with Crippen molar-refractivity contribution in [1.29, 1.82) is 0 Å². The zero-order chi connectivity index (χ0) is 15.1. The van der Waals surface area contributed by atoms with Gasteiger partial charge in [-0.05, 0) is 36.5 Å². The molecule has 20 heavy (non-hydrogen) atoms. The number of hydrogen-bond donors (Lipinski definition) is 2. The van der Waals surface area contributed by atoms with Crippen molar-refractivity contribution in [3.05, 3.63) is 35.4 Å². The number of nitrogens with two attached hydrogens (primary N) is 1. The molecule has 2 atom stereocenters. The maximum absolute atomic E-state index is 13.3. The molecule has 3 N–H and O–H groups in total. The average Bonchev–Trinajstić information content (AvgIpc) is 2.38. The zero-order valence-electron chi connectivity index (χ0n) is 12.3. The van der Waals surface area contributed by atoms with Crippen molar-refractivity contribution < 1.29 is 13.9 Å².